The summed E-state index contributed by atoms with van der Waals surface area (Å²) in [6.45, 7) is 2.10. The van der Waals surface area contributed by atoms with E-state index in [-0.39, 0.29) is 17.9 Å². The van der Waals surface area contributed by atoms with E-state index in [1.54, 1.807) is 44.3 Å². The van der Waals surface area contributed by atoms with Gasteiger partial charge in [-0.2, -0.15) is 0 Å². The van der Waals surface area contributed by atoms with Crippen LogP contribution in [-0.2, 0) is 4.79 Å². The van der Waals surface area contributed by atoms with E-state index >= 15 is 0 Å². The Bertz CT molecular complexity index is 1010. The number of aliphatic hydroxyl groups is 1. The van der Waals surface area contributed by atoms with Gasteiger partial charge in [-0.15, -0.1) is 0 Å². The molecular weight excluding hydrogens is 346 g/mol. The number of rotatable bonds is 2. The van der Waals surface area contributed by atoms with Crippen molar-refractivity contribution in [2.75, 3.05) is 13.6 Å². The Morgan fingerprint density at radius 2 is 2.11 bits per heavy atom. The van der Waals surface area contributed by atoms with Crippen LogP contribution in [0.4, 0.5) is 0 Å². The Morgan fingerprint density at radius 1 is 1.37 bits per heavy atom. The number of pyridine rings is 1. The second kappa shape index (κ2) is 6.74. The number of primary amides is 1. The van der Waals surface area contributed by atoms with E-state index in [0.717, 1.165) is 0 Å². The number of aromatic nitrogens is 1. The second-order valence-corrected chi connectivity index (χ2v) is 6.55. The van der Waals surface area contributed by atoms with Gasteiger partial charge in [-0.05, 0) is 30.7 Å². The van der Waals surface area contributed by atoms with Crippen LogP contribution in [0.5, 0.6) is 5.75 Å². The first-order chi connectivity index (χ1) is 12.7. The van der Waals surface area contributed by atoms with Crippen molar-refractivity contribution in [3.63, 3.8) is 0 Å². The van der Waals surface area contributed by atoms with E-state index in [0.29, 0.717) is 28.9 Å². The number of aromatic hydroxyl groups is 1. The first-order valence-corrected chi connectivity index (χ1v) is 8.33. The largest absolute Gasteiger partial charge is 0.505 e. The van der Waals surface area contributed by atoms with Crippen LogP contribution < -0.4 is 5.73 Å². The second-order valence-electron chi connectivity index (χ2n) is 6.55. The maximum atomic E-state index is 12.0. The average Bonchev–Trinajstić information content (AvgIpc) is 2.90. The molecule has 0 unspecified atom stereocenters. The van der Waals surface area contributed by atoms with E-state index in [4.69, 9.17) is 5.73 Å². The molecule has 1 atom stereocenters. The molecular formula is C20H19N3O4. The van der Waals surface area contributed by atoms with Crippen molar-refractivity contribution in [1.29, 1.82) is 0 Å². The number of nitrogens with zero attached hydrogens (tertiary/aromatic N) is 2. The molecule has 27 heavy (non-hydrogen) atoms. The summed E-state index contributed by atoms with van der Waals surface area (Å²) in [7, 11) is 1.62. The van der Waals surface area contributed by atoms with Crippen LogP contribution in [-0.4, -0.2) is 51.1 Å². The number of carbonyl (C=O) groups excluding carboxylic acids is 2. The number of carbonyl (C=O) groups is 2. The fourth-order valence-electron chi connectivity index (χ4n) is 2.89. The number of amides is 2. The van der Waals surface area contributed by atoms with Crippen LogP contribution in [0.15, 0.2) is 30.3 Å². The number of aryl methyl sites for hydroxylation is 1. The summed E-state index contributed by atoms with van der Waals surface area (Å²) in [4.78, 5) is 29.1. The Balaban J connectivity index is 1.98. The monoisotopic (exact) mass is 365 g/mol. The van der Waals surface area contributed by atoms with E-state index in [1.807, 2.05) is 0 Å². The molecule has 3 rings (SSSR count). The van der Waals surface area contributed by atoms with Gasteiger partial charge in [0, 0.05) is 31.1 Å². The van der Waals surface area contributed by atoms with Gasteiger partial charge < -0.3 is 20.8 Å². The molecule has 1 aliphatic rings. The van der Waals surface area contributed by atoms with Gasteiger partial charge in [0.15, 0.2) is 5.69 Å². The SMILES string of the molecule is Cc1cc(-c2cccc(C#C[C@]3(O)CCN(C)C3=O)c2)nc(C(N)=O)c1O. The van der Waals surface area contributed by atoms with Crippen molar-refractivity contribution in [3.8, 4) is 28.8 Å². The number of hydrogen-bond acceptors (Lipinski definition) is 5. The van der Waals surface area contributed by atoms with Gasteiger partial charge in [-0.25, -0.2) is 4.98 Å². The molecule has 0 spiro atoms. The summed E-state index contributed by atoms with van der Waals surface area (Å²) >= 11 is 0. The van der Waals surface area contributed by atoms with Crippen LogP contribution in [0, 0.1) is 18.8 Å². The Hall–Kier alpha value is -3.37. The molecule has 1 aromatic heterocycles. The quantitative estimate of drug-likeness (QED) is 0.681. The summed E-state index contributed by atoms with van der Waals surface area (Å²) in [5.74, 6) is 4.03. The molecule has 0 radical (unpaired) electrons. The lowest BCUT2D eigenvalue weighted by molar-refractivity contribution is -0.137. The van der Waals surface area contributed by atoms with Crippen LogP contribution in [0.2, 0.25) is 0 Å². The van der Waals surface area contributed by atoms with E-state index < -0.39 is 17.4 Å². The summed E-state index contributed by atoms with van der Waals surface area (Å²) in [6, 6.07) is 8.63. The van der Waals surface area contributed by atoms with Gasteiger partial charge >= 0.3 is 0 Å². The standard InChI is InChI=1S/C20H19N3O4/c1-12-10-15(22-16(17(12)24)18(21)25)14-5-3-4-13(11-14)6-7-20(27)8-9-23(2)19(20)26/h3-5,10-11,24,27H,8-9H2,1-2H3,(H2,21,25)/t20-/m0/s1. The van der Waals surface area contributed by atoms with Gasteiger partial charge in [0.05, 0.1) is 5.69 Å². The van der Waals surface area contributed by atoms with Crippen molar-refractivity contribution in [3.05, 3.63) is 47.2 Å². The first-order valence-electron chi connectivity index (χ1n) is 8.33. The van der Waals surface area contributed by atoms with Gasteiger partial charge in [0.25, 0.3) is 11.8 Å². The van der Waals surface area contributed by atoms with Gasteiger partial charge in [0.2, 0.25) is 5.60 Å². The van der Waals surface area contributed by atoms with E-state index in [2.05, 4.69) is 16.8 Å². The summed E-state index contributed by atoms with van der Waals surface area (Å²) in [5.41, 5.74) is 5.57. The highest BCUT2D eigenvalue weighted by molar-refractivity contribution is 5.94. The molecule has 0 bridgehead atoms. The van der Waals surface area contributed by atoms with Crippen molar-refractivity contribution in [2.45, 2.75) is 18.9 Å². The lowest BCUT2D eigenvalue weighted by Gasteiger charge is -2.13. The smallest absolute Gasteiger partial charge is 0.271 e. The zero-order valence-electron chi connectivity index (χ0n) is 15.0. The first kappa shape index (κ1) is 18.4. The number of nitrogens with two attached hydrogens (primary N) is 1. The summed E-state index contributed by atoms with van der Waals surface area (Å²) < 4.78 is 0. The number of hydrogen-bond donors (Lipinski definition) is 3. The van der Waals surface area contributed by atoms with Crippen molar-refractivity contribution < 1.29 is 19.8 Å². The summed E-state index contributed by atoms with van der Waals surface area (Å²) in [5, 5.41) is 20.3. The molecule has 2 amide bonds. The fourth-order valence-corrected chi connectivity index (χ4v) is 2.89. The van der Waals surface area contributed by atoms with Crippen LogP contribution in [0.3, 0.4) is 0 Å². The van der Waals surface area contributed by atoms with E-state index in [1.165, 1.54) is 4.90 Å². The third-order valence-electron chi connectivity index (χ3n) is 4.50. The van der Waals surface area contributed by atoms with Gasteiger partial charge in [-0.1, -0.05) is 24.0 Å². The molecule has 138 valence electrons. The molecule has 2 aromatic rings. The highest BCUT2D eigenvalue weighted by Crippen LogP contribution is 2.27. The molecule has 7 heteroatoms. The molecule has 4 N–H and O–H groups in total. The Morgan fingerprint density at radius 3 is 2.74 bits per heavy atom. The van der Waals surface area contributed by atoms with Crippen molar-refractivity contribution >= 4 is 11.8 Å². The van der Waals surface area contributed by atoms with Crippen molar-refractivity contribution in [1.82, 2.24) is 9.88 Å². The predicted octanol–water partition coefficient (Wildman–Crippen LogP) is 0.806. The van der Waals surface area contributed by atoms with Gasteiger partial charge in [0.1, 0.15) is 5.75 Å². The molecule has 0 saturated carbocycles. The Labute approximate surface area is 156 Å². The highest BCUT2D eigenvalue weighted by atomic mass is 16.3. The van der Waals surface area contributed by atoms with E-state index in [9.17, 15) is 19.8 Å². The third-order valence-corrected chi connectivity index (χ3v) is 4.50. The number of benzene rings is 1. The number of likely N-dealkylation sites (tertiary alicyclic amines) is 1. The molecule has 2 heterocycles. The highest BCUT2D eigenvalue weighted by Gasteiger charge is 2.42. The average molecular weight is 365 g/mol. The minimum absolute atomic E-state index is 0.199. The zero-order chi connectivity index (χ0) is 19.8. The molecule has 1 aromatic carbocycles. The predicted molar refractivity (Wildman–Crippen MR) is 98.7 cm³/mol. The van der Waals surface area contributed by atoms with Crippen LogP contribution in [0.25, 0.3) is 11.3 Å². The van der Waals surface area contributed by atoms with Crippen LogP contribution in [0.1, 0.15) is 28.0 Å². The third kappa shape index (κ3) is 3.48. The normalized spacial score (nSPS) is 18.9. The zero-order valence-corrected chi connectivity index (χ0v) is 15.0. The molecule has 7 nitrogen and oxygen atoms in total. The van der Waals surface area contributed by atoms with Crippen LogP contribution >= 0.6 is 0 Å². The maximum Gasteiger partial charge on any atom is 0.271 e. The minimum atomic E-state index is -1.67. The molecule has 1 fully saturated rings. The molecule has 0 aliphatic carbocycles. The topological polar surface area (TPSA) is 117 Å². The van der Waals surface area contributed by atoms with Gasteiger partial charge in [-0.3, -0.25) is 9.59 Å². The summed E-state index contributed by atoms with van der Waals surface area (Å²) in [6.07, 6.45) is 0.260. The number of likely N-dealkylation sites (N-methyl/N-ethyl adjacent to an activating group) is 1. The minimum Gasteiger partial charge on any atom is -0.505 e. The lowest BCUT2D eigenvalue weighted by Crippen LogP contribution is -2.37. The fraction of sp³-hybridized carbons (Fsp3) is 0.250. The maximum absolute atomic E-state index is 12.0. The molecule has 1 aliphatic heterocycles. The van der Waals surface area contributed by atoms with Crippen molar-refractivity contribution in [2.24, 2.45) is 5.73 Å². The Kier molecular flexibility index (Phi) is 4.60. The molecule has 1 saturated heterocycles. The lowest BCUT2D eigenvalue weighted by atomic mass is 10.0.